The maximum atomic E-state index is 14.2. The van der Waals surface area contributed by atoms with Crippen molar-refractivity contribution in [1.29, 1.82) is 0 Å². The van der Waals surface area contributed by atoms with Crippen LogP contribution in [0.25, 0.3) is 0 Å². The van der Waals surface area contributed by atoms with Crippen LogP contribution in [-0.4, -0.2) is 12.6 Å². The third-order valence-electron chi connectivity index (χ3n) is 3.80. The van der Waals surface area contributed by atoms with Crippen LogP contribution in [0.1, 0.15) is 50.5 Å². The first-order valence-corrected chi connectivity index (χ1v) is 7.70. The van der Waals surface area contributed by atoms with E-state index >= 15 is 0 Å². The lowest BCUT2D eigenvalue weighted by Crippen LogP contribution is -2.38. The molecule has 1 aromatic rings. The molecule has 0 radical (unpaired) electrons. The highest BCUT2D eigenvalue weighted by atomic mass is 79.9. The van der Waals surface area contributed by atoms with Gasteiger partial charge in [-0.15, -0.1) is 0 Å². The van der Waals surface area contributed by atoms with Crippen LogP contribution in [-0.2, 0) is 0 Å². The lowest BCUT2D eigenvalue weighted by atomic mass is 9.79. The van der Waals surface area contributed by atoms with Crippen molar-refractivity contribution in [3.05, 3.63) is 34.1 Å². The molecule has 0 amide bonds. The number of rotatable bonds is 4. The molecular weight excluding hydrogens is 293 g/mol. The molecule has 0 spiro atoms. The molecule has 0 saturated heterocycles. The van der Waals surface area contributed by atoms with Gasteiger partial charge in [-0.3, -0.25) is 0 Å². The summed E-state index contributed by atoms with van der Waals surface area (Å²) in [4.78, 5) is 0. The Morgan fingerprint density at radius 2 is 2.11 bits per heavy atom. The van der Waals surface area contributed by atoms with Crippen molar-refractivity contribution in [2.75, 3.05) is 6.54 Å². The van der Waals surface area contributed by atoms with Gasteiger partial charge in [0.25, 0.3) is 0 Å². The van der Waals surface area contributed by atoms with Gasteiger partial charge in [-0.25, -0.2) is 4.39 Å². The van der Waals surface area contributed by atoms with Gasteiger partial charge in [0.2, 0.25) is 0 Å². The van der Waals surface area contributed by atoms with E-state index < -0.39 is 0 Å². The summed E-state index contributed by atoms with van der Waals surface area (Å²) in [6, 6.07) is 6.09. The van der Waals surface area contributed by atoms with Crippen LogP contribution in [0.3, 0.4) is 0 Å². The molecule has 0 bridgehead atoms. The average Bonchev–Trinajstić information content (AvgIpc) is 2.40. The smallest absolute Gasteiger partial charge is 0.140 e. The van der Waals surface area contributed by atoms with Gasteiger partial charge in [0.1, 0.15) is 5.82 Å². The first-order valence-electron chi connectivity index (χ1n) is 6.91. The fraction of sp³-hybridized carbons (Fsp3) is 0.600. The fourth-order valence-corrected chi connectivity index (χ4v) is 3.27. The Hall–Kier alpha value is -0.410. The average molecular weight is 314 g/mol. The highest BCUT2D eigenvalue weighted by molar-refractivity contribution is 9.10. The molecule has 0 heterocycles. The van der Waals surface area contributed by atoms with E-state index in [1.807, 2.05) is 12.1 Å². The highest BCUT2D eigenvalue weighted by Crippen LogP contribution is 2.36. The Morgan fingerprint density at radius 3 is 2.89 bits per heavy atom. The van der Waals surface area contributed by atoms with Crippen LogP contribution < -0.4 is 5.32 Å². The van der Waals surface area contributed by atoms with Crippen molar-refractivity contribution in [1.82, 2.24) is 5.32 Å². The standard InChI is InChI=1S/C15H21BrFN/c1-2-10-18-14-9-4-3-6-11(14)12-7-5-8-13(16)15(12)17/h5,7-8,11,14,18H,2-4,6,9-10H2,1H3. The second-order valence-electron chi connectivity index (χ2n) is 5.09. The molecule has 18 heavy (non-hydrogen) atoms. The summed E-state index contributed by atoms with van der Waals surface area (Å²) in [5.41, 5.74) is 0.873. The molecule has 0 aromatic heterocycles. The van der Waals surface area contributed by atoms with E-state index in [4.69, 9.17) is 0 Å². The van der Waals surface area contributed by atoms with Gasteiger partial charge < -0.3 is 5.32 Å². The molecule has 0 aliphatic heterocycles. The summed E-state index contributed by atoms with van der Waals surface area (Å²) in [6.45, 7) is 3.20. The first-order chi connectivity index (χ1) is 8.74. The number of hydrogen-bond donors (Lipinski definition) is 1. The minimum Gasteiger partial charge on any atom is -0.313 e. The van der Waals surface area contributed by atoms with Crippen LogP contribution in [0.2, 0.25) is 0 Å². The third kappa shape index (κ3) is 3.12. The SMILES string of the molecule is CCCNC1CCCCC1c1cccc(Br)c1F. The molecule has 1 aliphatic rings. The van der Waals surface area contributed by atoms with Gasteiger partial charge in [-0.1, -0.05) is 31.9 Å². The van der Waals surface area contributed by atoms with Gasteiger partial charge in [0.05, 0.1) is 4.47 Å². The van der Waals surface area contributed by atoms with Gasteiger partial charge in [-0.05, 0) is 53.4 Å². The zero-order chi connectivity index (χ0) is 13.0. The minimum absolute atomic E-state index is 0.0762. The minimum atomic E-state index is -0.0762. The summed E-state index contributed by atoms with van der Waals surface area (Å²) in [7, 11) is 0. The van der Waals surface area contributed by atoms with Crippen molar-refractivity contribution in [2.24, 2.45) is 0 Å². The molecule has 2 rings (SSSR count). The summed E-state index contributed by atoms with van der Waals surface area (Å²) in [5, 5.41) is 3.58. The van der Waals surface area contributed by atoms with Gasteiger partial charge in [0, 0.05) is 12.0 Å². The molecule has 1 N–H and O–H groups in total. The normalized spacial score (nSPS) is 24.2. The summed E-state index contributed by atoms with van der Waals surface area (Å²) >= 11 is 3.29. The summed E-state index contributed by atoms with van der Waals surface area (Å²) in [5.74, 6) is 0.246. The molecule has 1 fully saturated rings. The Kier molecular flexibility index (Phi) is 5.19. The van der Waals surface area contributed by atoms with E-state index in [1.54, 1.807) is 6.07 Å². The van der Waals surface area contributed by atoms with Crippen molar-refractivity contribution >= 4 is 15.9 Å². The second kappa shape index (κ2) is 6.67. The highest BCUT2D eigenvalue weighted by Gasteiger charge is 2.28. The molecule has 1 saturated carbocycles. The summed E-state index contributed by atoms with van der Waals surface area (Å²) < 4.78 is 14.8. The van der Waals surface area contributed by atoms with E-state index in [0.29, 0.717) is 16.4 Å². The molecule has 2 unspecified atom stereocenters. The summed E-state index contributed by atoms with van der Waals surface area (Å²) in [6.07, 6.45) is 5.85. The Labute approximate surface area is 117 Å². The number of benzene rings is 1. The zero-order valence-electron chi connectivity index (χ0n) is 10.9. The van der Waals surface area contributed by atoms with E-state index in [0.717, 1.165) is 31.4 Å². The van der Waals surface area contributed by atoms with Gasteiger partial charge >= 0.3 is 0 Å². The van der Waals surface area contributed by atoms with Crippen LogP contribution in [0.4, 0.5) is 4.39 Å². The Balaban J connectivity index is 2.19. The molecule has 1 aliphatic carbocycles. The zero-order valence-corrected chi connectivity index (χ0v) is 12.5. The number of halogens is 2. The lowest BCUT2D eigenvalue weighted by Gasteiger charge is -2.33. The van der Waals surface area contributed by atoms with Crippen molar-refractivity contribution < 1.29 is 4.39 Å². The third-order valence-corrected chi connectivity index (χ3v) is 4.42. The van der Waals surface area contributed by atoms with E-state index in [1.165, 1.54) is 12.8 Å². The maximum Gasteiger partial charge on any atom is 0.140 e. The molecule has 100 valence electrons. The maximum absolute atomic E-state index is 14.2. The fourth-order valence-electron chi connectivity index (χ4n) is 2.88. The van der Waals surface area contributed by atoms with Crippen molar-refractivity contribution in [3.8, 4) is 0 Å². The quantitative estimate of drug-likeness (QED) is 0.855. The van der Waals surface area contributed by atoms with Crippen LogP contribution in [0.15, 0.2) is 22.7 Å². The largest absolute Gasteiger partial charge is 0.313 e. The topological polar surface area (TPSA) is 12.0 Å². The van der Waals surface area contributed by atoms with Crippen molar-refractivity contribution in [3.63, 3.8) is 0 Å². The van der Waals surface area contributed by atoms with E-state index in [-0.39, 0.29) is 5.82 Å². The predicted octanol–water partition coefficient (Wildman–Crippen LogP) is 4.61. The number of nitrogens with one attached hydrogen (secondary N) is 1. The molecule has 1 aromatic carbocycles. The van der Waals surface area contributed by atoms with Crippen LogP contribution >= 0.6 is 15.9 Å². The molecule has 3 heteroatoms. The van der Waals surface area contributed by atoms with Crippen molar-refractivity contribution in [2.45, 2.75) is 51.0 Å². The number of hydrogen-bond acceptors (Lipinski definition) is 1. The lowest BCUT2D eigenvalue weighted by molar-refractivity contribution is 0.322. The Bertz CT molecular complexity index is 394. The van der Waals surface area contributed by atoms with E-state index in [9.17, 15) is 4.39 Å². The van der Waals surface area contributed by atoms with E-state index in [2.05, 4.69) is 28.2 Å². The molecule has 2 atom stereocenters. The molecule has 1 nitrogen and oxygen atoms in total. The second-order valence-corrected chi connectivity index (χ2v) is 5.95. The van der Waals surface area contributed by atoms with Crippen LogP contribution in [0, 0.1) is 5.82 Å². The molecular formula is C15H21BrFN. The Morgan fingerprint density at radius 1 is 1.33 bits per heavy atom. The van der Waals surface area contributed by atoms with Gasteiger partial charge in [-0.2, -0.15) is 0 Å². The van der Waals surface area contributed by atoms with Gasteiger partial charge in [0.15, 0.2) is 0 Å². The first kappa shape index (κ1) is 14.0. The van der Waals surface area contributed by atoms with Crippen LogP contribution in [0.5, 0.6) is 0 Å². The monoisotopic (exact) mass is 313 g/mol. The predicted molar refractivity (Wildman–Crippen MR) is 77.4 cm³/mol.